The molecule has 1 aliphatic rings. The van der Waals surface area contributed by atoms with Crippen LogP contribution in [-0.2, 0) is 9.53 Å². The number of phenols is 1. The molecule has 0 spiro atoms. The van der Waals surface area contributed by atoms with Crippen molar-refractivity contribution in [3.05, 3.63) is 24.3 Å². The molecule has 2 unspecified atom stereocenters. The molecule has 3 N–H and O–H groups in total. The summed E-state index contributed by atoms with van der Waals surface area (Å²) < 4.78 is 5.29. The van der Waals surface area contributed by atoms with Gasteiger partial charge in [-0.1, -0.05) is 0 Å². The topological polar surface area (TPSA) is 75.8 Å². The first-order chi connectivity index (χ1) is 8.45. The van der Waals surface area contributed by atoms with E-state index in [0.29, 0.717) is 13.2 Å². The molecule has 1 amide bonds. The molecule has 1 aromatic carbocycles. The van der Waals surface area contributed by atoms with Crippen molar-refractivity contribution in [1.82, 2.24) is 0 Å². The summed E-state index contributed by atoms with van der Waals surface area (Å²) in [5.41, 5.74) is 5.97. The summed E-state index contributed by atoms with van der Waals surface area (Å²) in [7, 11) is 1.70. The molecule has 0 bridgehead atoms. The van der Waals surface area contributed by atoms with Gasteiger partial charge in [0.1, 0.15) is 5.75 Å². The Bertz CT molecular complexity index is 446. The number of hydrogen-bond acceptors (Lipinski definition) is 4. The van der Waals surface area contributed by atoms with Gasteiger partial charge in [0.2, 0.25) is 5.91 Å². The van der Waals surface area contributed by atoms with E-state index in [1.165, 1.54) is 0 Å². The largest absolute Gasteiger partial charge is 0.508 e. The number of hydrogen-bond donors (Lipinski definition) is 2. The lowest BCUT2D eigenvalue weighted by Gasteiger charge is -2.30. The number of carbonyl (C=O) groups excluding carboxylic acids is 1. The van der Waals surface area contributed by atoms with Crippen LogP contribution in [0.4, 0.5) is 5.69 Å². The van der Waals surface area contributed by atoms with Crippen LogP contribution in [0.15, 0.2) is 24.3 Å². The van der Waals surface area contributed by atoms with Crippen molar-refractivity contribution in [2.75, 3.05) is 25.2 Å². The van der Waals surface area contributed by atoms with Crippen molar-refractivity contribution < 1.29 is 14.6 Å². The highest BCUT2D eigenvalue weighted by molar-refractivity contribution is 5.97. The Morgan fingerprint density at radius 2 is 2.11 bits per heavy atom. The van der Waals surface area contributed by atoms with Crippen LogP contribution in [0.5, 0.6) is 5.75 Å². The maximum absolute atomic E-state index is 12.5. The second kappa shape index (κ2) is 4.59. The molecule has 0 saturated carbocycles. The van der Waals surface area contributed by atoms with Gasteiger partial charge in [-0.2, -0.15) is 0 Å². The molecule has 2 atom stereocenters. The van der Waals surface area contributed by atoms with Crippen molar-refractivity contribution in [2.45, 2.75) is 13.0 Å². The van der Waals surface area contributed by atoms with Crippen LogP contribution in [0.2, 0.25) is 0 Å². The lowest BCUT2D eigenvalue weighted by atomic mass is 9.84. The number of anilines is 1. The SMILES string of the molecule is CN(C(=O)C1(C)COCC1N)c1ccc(O)cc1. The predicted molar refractivity (Wildman–Crippen MR) is 68.4 cm³/mol. The first-order valence-corrected chi connectivity index (χ1v) is 5.85. The van der Waals surface area contributed by atoms with E-state index < -0.39 is 5.41 Å². The molecule has 0 aromatic heterocycles. The highest BCUT2D eigenvalue weighted by Gasteiger charge is 2.45. The van der Waals surface area contributed by atoms with Gasteiger partial charge >= 0.3 is 0 Å². The van der Waals surface area contributed by atoms with Crippen molar-refractivity contribution in [2.24, 2.45) is 11.1 Å². The number of amides is 1. The second-order valence-corrected chi connectivity index (χ2v) is 4.92. The lowest BCUT2D eigenvalue weighted by molar-refractivity contribution is -0.127. The quantitative estimate of drug-likeness (QED) is 0.811. The zero-order chi connectivity index (χ0) is 13.3. The Labute approximate surface area is 106 Å². The Hall–Kier alpha value is -1.59. The van der Waals surface area contributed by atoms with Crippen molar-refractivity contribution in [1.29, 1.82) is 0 Å². The van der Waals surface area contributed by atoms with Gasteiger partial charge in [0.05, 0.1) is 18.6 Å². The summed E-state index contributed by atoms with van der Waals surface area (Å²) in [6, 6.07) is 6.19. The maximum atomic E-state index is 12.5. The molecule has 1 fully saturated rings. The fraction of sp³-hybridized carbons (Fsp3) is 0.462. The van der Waals surface area contributed by atoms with Gasteiger partial charge in [-0.05, 0) is 31.2 Å². The monoisotopic (exact) mass is 250 g/mol. The average molecular weight is 250 g/mol. The molecule has 1 heterocycles. The molecule has 1 aromatic rings. The third kappa shape index (κ3) is 2.07. The van der Waals surface area contributed by atoms with Gasteiger partial charge in [-0.15, -0.1) is 0 Å². The van der Waals surface area contributed by atoms with E-state index in [2.05, 4.69) is 0 Å². The fourth-order valence-corrected chi connectivity index (χ4v) is 2.09. The molecule has 5 nitrogen and oxygen atoms in total. The van der Waals surface area contributed by atoms with Gasteiger partial charge in [0.15, 0.2) is 0 Å². The van der Waals surface area contributed by atoms with E-state index in [-0.39, 0.29) is 17.7 Å². The number of nitrogens with zero attached hydrogens (tertiary/aromatic N) is 1. The Morgan fingerprint density at radius 1 is 1.50 bits per heavy atom. The van der Waals surface area contributed by atoms with E-state index in [0.717, 1.165) is 5.69 Å². The summed E-state index contributed by atoms with van der Waals surface area (Å²) >= 11 is 0. The first kappa shape index (κ1) is 12.9. The van der Waals surface area contributed by atoms with E-state index in [1.54, 1.807) is 36.2 Å². The van der Waals surface area contributed by atoms with Crippen LogP contribution in [0.25, 0.3) is 0 Å². The van der Waals surface area contributed by atoms with Crippen molar-refractivity contribution in [3.8, 4) is 5.75 Å². The number of nitrogens with two attached hydrogens (primary N) is 1. The number of benzene rings is 1. The minimum atomic E-state index is -0.688. The molecule has 18 heavy (non-hydrogen) atoms. The Morgan fingerprint density at radius 3 is 2.61 bits per heavy atom. The summed E-state index contributed by atoms with van der Waals surface area (Å²) in [6.07, 6.45) is 0. The fourth-order valence-electron chi connectivity index (χ4n) is 2.09. The van der Waals surface area contributed by atoms with E-state index >= 15 is 0 Å². The zero-order valence-electron chi connectivity index (χ0n) is 10.6. The molecule has 1 saturated heterocycles. The summed E-state index contributed by atoms with van der Waals surface area (Å²) in [5, 5.41) is 9.24. The van der Waals surface area contributed by atoms with Gasteiger partial charge in [-0.3, -0.25) is 4.79 Å². The molecule has 1 aliphatic heterocycles. The molecule has 0 radical (unpaired) electrons. The number of ether oxygens (including phenoxy) is 1. The smallest absolute Gasteiger partial charge is 0.236 e. The van der Waals surface area contributed by atoms with Crippen LogP contribution in [0.3, 0.4) is 0 Å². The molecule has 0 aliphatic carbocycles. The molecular formula is C13H18N2O3. The van der Waals surface area contributed by atoms with Crippen molar-refractivity contribution in [3.63, 3.8) is 0 Å². The Kier molecular flexibility index (Phi) is 3.28. The van der Waals surface area contributed by atoms with Gasteiger partial charge in [-0.25, -0.2) is 0 Å². The third-order valence-corrected chi connectivity index (χ3v) is 3.55. The second-order valence-electron chi connectivity index (χ2n) is 4.92. The number of aromatic hydroxyl groups is 1. The van der Waals surface area contributed by atoms with E-state index in [1.807, 2.05) is 6.92 Å². The first-order valence-electron chi connectivity index (χ1n) is 5.85. The highest BCUT2D eigenvalue weighted by Crippen LogP contribution is 2.31. The van der Waals surface area contributed by atoms with Crippen LogP contribution >= 0.6 is 0 Å². The maximum Gasteiger partial charge on any atom is 0.236 e. The summed E-state index contributed by atoms with van der Waals surface area (Å²) in [5.74, 6) is 0.102. The minimum Gasteiger partial charge on any atom is -0.508 e. The zero-order valence-corrected chi connectivity index (χ0v) is 10.6. The van der Waals surface area contributed by atoms with Gasteiger partial charge in [0.25, 0.3) is 0 Å². The molecular weight excluding hydrogens is 232 g/mol. The van der Waals surface area contributed by atoms with Gasteiger partial charge < -0.3 is 20.5 Å². The number of carbonyl (C=O) groups is 1. The molecule has 5 heteroatoms. The van der Waals surface area contributed by atoms with E-state index in [4.69, 9.17) is 10.5 Å². The van der Waals surface area contributed by atoms with Gasteiger partial charge in [0, 0.05) is 18.8 Å². The van der Waals surface area contributed by atoms with Crippen LogP contribution in [-0.4, -0.2) is 37.3 Å². The van der Waals surface area contributed by atoms with E-state index in [9.17, 15) is 9.90 Å². The van der Waals surface area contributed by atoms with Crippen LogP contribution in [0.1, 0.15) is 6.92 Å². The number of rotatable bonds is 2. The minimum absolute atomic E-state index is 0.0711. The normalized spacial score (nSPS) is 27.2. The summed E-state index contributed by atoms with van der Waals surface area (Å²) in [4.78, 5) is 14.0. The lowest BCUT2D eigenvalue weighted by Crippen LogP contribution is -2.50. The molecule has 98 valence electrons. The van der Waals surface area contributed by atoms with Crippen molar-refractivity contribution >= 4 is 11.6 Å². The number of phenolic OH excluding ortho intramolecular Hbond substituents is 1. The summed E-state index contributed by atoms with van der Waals surface area (Å²) in [6.45, 7) is 2.57. The standard InChI is InChI=1S/C13H18N2O3/c1-13(8-18-7-11(13)14)12(17)15(2)9-3-5-10(16)6-4-9/h3-6,11,16H,7-8,14H2,1-2H3. The third-order valence-electron chi connectivity index (χ3n) is 3.55. The van der Waals surface area contributed by atoms with Crippen LogP contribution < -0.4 is 10.6 Å². The Balaban J connectivity index is 2.21. The molecule has 2 rings (SSSR count). The average Bonchev–Trinajstić information content (AvgIpc) is 2.70. The highest BCUT2D eigenvalue weighted by atomic mass is 16.5. The van der Waals surface area contributed by atoms with Crippen LogP contribution in [0, 0.1) is 5.41 Å². The predicted octanol–water partition coefficient (Wildman–Crippen LogP) is 0.719.